The number of halogens is 3. The zero-order valence-electron chi connectivity index (χ0n) is 11.5. The first-order chi connectivity index (χ1) is 9.12. The molecular formula is C14H17F3O3. The van der Waals surface area contributed by atoms with E-state index >= 15 is 0 Å². The molecule has 0 amide bonds. The number of benzene rings is 1. The average molecular weight is 290 g/mol. The summed E-state index contributed by atoms with van der Waals surface area (Å²) in [5, 5.41) is 8.62. The lowest BCUT2D eigenvalue weighted by molar-refractivity contribution is -0.198. The van der Waals surface area contributed by atoms with E-state index in [1.807, 2.05) is 19.9 Å². The molecule has 0 aliphatic carbocycles. The molecule has 0 aliphatic rings. The Morgan fingerprint density at radius 1 is 1.35 bits per heavy atom. The maximum atomic E-state index is 12.6. The maximum Gasteiger partial charge on any atom is 0.405 e. The number of carbonyl (C=O) groups is 1. The van der Waals surface area contributed by atoms with Crippen LogP contribution >= 0.6 is 0 Å². The van der Waals surface area contributed by atoms with E-state index < -0.39 is 24.7 Å². The summed E-state index contributed by atoms with van der Waals surface area (Å²) in [5.41, 5.74) is 1.59. The topological polar surface area (TPSA) is 46.5 Å². The molecule has 20 heavy (non-hydrogen) atoms. The fourth-order valence-electron chi connectivity index (χ4n) is 1.72. The zero-order valence-corrected chi connectivity index (χ0v) is 11.5. The molecule has 1 N–H and O–H groups in total. The van der Waals surface area contributed by atoms with Crippen molar-refractivity contribution < 1.29 is 27.8 Å². The molecule has 6 heteroatoms. The summed E-state index contributed by atoms with van der Waals surface area (Å²) < 4.78 is 42.8. The third-order valence-electron chi connectivity index (χ3n) is 2.89. The zero-order chi connectivity index (χ0) is 15.5. The highest BCUT2D eigenvalue weighted by Gasteiger charge is 2.45. The second-order valence-corrected chi connectivity index (χ2v) is 4.94. The number of aryl methyl sites for hydroxylation is 1. The summed E-state index contributed by atoms with van der Waals surface area (Å²) in [7, 11) is 0. The fourth-order valence-corrected chi connectivity index (χ4v) is 1.72. The van der Waals surface area contributed by atoms with Crippen molar-refractivity contribution in [1.82, 2.24) is 0 Å². The molecular weight excluding hydrogens is 273 g/mol. The summed E-state index contributed by atoms with van der Waals surface area (Å²) >= 11 is 0. The predicted octanol–water partition coefficient (Wildman–Crippen LogP) is 3.76. The van der Waals surface area contributed by atoms with E-state index in [0.29, 0.717) is 5.75 Å². The number of alkyl halides is 3. The number of hydrogen-bond acceptors (Lipinski definition) is 2. The van der Waals surface area contributed by atoms with E-state index in [1.54, 1.807) is 19.1 Å². The molecule has 1 aromatic rings. The highest BCUT2D eigenvalue weighted by atomic mass is 19.4. The van der Waals surface area contributed by atoms with Crippen molar-refractivity contribution in [2.75, 3.05) is 6.61 Å². The lowest BCUT2D eigenvalue weighted by Gasteiger charge is -2.19. The summed E-state index contributed by atoms with van der Waals surface area (Å²) in [6.45, 7) is 4.63. The van der Waals surface area contributed by atoms with Crippen molar-refractivity contribution in [1.29, 1.82) is 0 Å². The highest BCUT2D eigenvalue weighted by molar-refractivity contribution is 5.71. The van der Waals surface area contributed by atoms with Crippen molar-refractivity contribution in [3.8, 4) is 5.75 Å². The SMILES string of the molecule is Cc1ccc(C(C)C)c(OCC(C(=O)O)C(F)(F)F)c1. The minimum absolute atomic E-state index is 0.0692. The fraction of sp³-hybridized carbons (Fsp3) is 0.500. The van der Waals surface area contributed by atoms with Gasteiger partial charge in [-0.1, -0.05) is 26.0 Å². The summed E-state index contributed by atoms with van der Waals surface area (Å²) in [5.74, 6) is -4.09. The minimum atomic E-state index is -4.83. The van der Waals surface area contributed by atoms with Gasteiger partial charge in [-0.05, 0) is 30.0 Å². The van der Waals surface area contributed by atoms with Crippen LogP contribution in [0, 0.1) is 12.8 Å². The highest BCUT2D eigenvalue weighted by Crippen LogP contribution is 2.31. The van der Waals surface area contributed by atoms with Crippen LogP contribution in [0.5, 0.6) is 5.75 Å². The van der Waals surface area contributed by atoms with Crippen molar-refractivity contribution >= 4 is 5.97 Å². The molecule has 1 unspecified atom stereocenters. The molecule has 0 fully saturated rings. The van der Waals surface area contributed by atoms with E-state index in [2.05, 4.69) is 0 Å². The molecule has 0 heterocycles. The van der Waals surface area contributed by atoms with Gasteiger partial charge in [0, 0.05) is 0 Å². The van der Waals surface area contributed by atoms with Crippen molar-refractivity contribution in [3.63, 3.8) is 0 Å². The van der Waals surface area contributed by atoms with Gasteiger partial charge in [-0.2, -0.15) is 13.2 Å². The molecule has 1 aromatic carbocycles. The molecule has 0 aliphatic heterocycles. The van der Waals surface area contributed by atoms with Gasteiger partial charge >= 0.3 is 12.1 Å². The van der Waals surface area contributed by atoms with Crippen LogP contribution < -0.4 is 4.74 Å². The Hall–Kier alpha value is -1.72. The van der Waals surface area contributed by atoms with E-state index in [0.717, 1.165) is 11.1 Å². The summed E-state index contributed by atoms with van der Waals surface area (Å²) in [4.78, 5) is 10.7. The van der Waals surface area contributed by atoms with Crippen LogP contribution in [0.15, 0.2) is 18.2 Å². The number of hydrogen-bond donors (Lipinski definition) is 1. The van der Waals surface area contributed by atoms with Gasteiger partial charge in [0.2, 0.25) is 0 Å². The summed E-state index contributed by atoms with van der Waals surface area (Å²) in [6, 6.07) is 5.23. The van der Waals surface area contributed by atoms with Crippen LogP contribution in [0.4, 0.5) is 13.2 Å². The smallest absolute Gasteiger partial charge is 0.405 e. The molecule has 0 radical (unpaired) electrons. The third-order valence-corrected chi connectivity index (χ3v) is 2.89. The van der Waals surface area contributed by atoms with Gasteiger partial charge in [0.05, 0.1) is 0 Å². The molecule has 1 atom stereocenters. The molecule has 0 saturated carbocycles. The molecule has 3 nitrogen and oxygen atoms in total. The first-order valence-electron chi connectivity index (χ1n) is 6.15. The second-order valence-electron chi connectivity index (χ2n) is 4.94. The van der Waals surface area contributed by atoms with Gasteiger partial charge in [0.1, 0.15) is 12.4 Å². The lowest BCUT2D eigenvalue weighted by Crippen LogP contribution is -2.35. The quantitative estimate of drug-likeness (QED) is 0.898. The van der Waals surface area contributed by atoms with Crippen LogP contribution in [0.3, 0.4) is 0 Å². The van der Waals surface area contributed by atoms with Crippen molar-refractivity contribution in [2.45, 2.75) is 32.9 Å². The van der Waals surface area contributed by atoms with Gasteiger partial charge < -0.3 is 9.84 Å². The van der Waals surface area contributed by atoms with Gasteiger partial charge in [0.25, 0.3) is 0 Å². The van der Waals surface area contributed by atoms with Crippen LogP contribution in [0.25, 0.3) is 0 Å². The van der Waals surface area contributed by atoms with Crippen molar-refractivity contribution in [2.24, 2.45) is 5.92 Å². The van der Waals surface area contributed by atoms with Crippen LogP contribution in [0.1, 0.15) is 30.9 Å². The molecule has 0 spiro atoms. The lowest BCUT2D eigenvalue weighted by atomic mass is 10.0. The van der Waals surface area contributed by atoms with E-state index in [1.165, 1.54) is 0 Å². The van der Waals surface area contributed by atoms with E-state index in [9.17, 15) is 18.0 Å². The van der Waals surface area contributed by atoms with Crippen LogP contribution in [0.2, 0.25) is 0 Å². The van der Waals surface area contributed by atoms with E-state index in [4.69, 9.17) is 9.84 Å². The van der Waals surface area contributed by atoms with Crippen molar-refractivity contribution in [3.05, 3.63) is 29.3 Å². The first-order valence-corrected chi connectivity index (χ1v) is 6.15. The number of aliphatic carboxylic acids is 1. The Morgan fingerprint density at radius 2 is 1.95 bits per heavy atom. The molecule has 0 bridgehead atoms. The van der Waals surface area contributed by atoms with Crippen LogP contribution in [-0.2, 0) is 4.79 Å². The van der Waals surface area contributed by atoms with E-state index in [-0.39, 0.29) is 5.92 Å². The largest absolute Gasteiger partial charge is 0.492 e. The van der Waals surface area contributed by atoms with Gasteiger partial charge in [-0.15, -0.1) is 0 Å². The van der Waals surface area contributed by atoms with Gasteiger partial charge in [-0.3, -0.25) is 4.79 Å². The normalized spacial score (nSPS) is 13.3. The van der Waals surface area contributed by atoms with Gasteiger partial charge in [-0.25, -0.2) is 0 Å². The van der Waals surface area contributed by atoms with Gasteiger partial charge in [0.15, 0.2) is 5.92 Å². The number of carboxylic acids is 1. The second kappa shape index (κ2) is 6.15. The Morgan fingerprint density at radius 3 is 2.40 bits per heavy atom. The number of ether oxygens (including phenoxy) is 1. The molecule has 0 aromatic heterocycles. The average Bonchev–Trinajstić information content (AvgIpc) is 2.26. The first kappa shape index (κ1) is 16.3. The molecule has 112 valence electrons. The standard InChI is InChI=1S/C14H17F3O3/c1-8(2)10-5-4-9(3)6-12(10)20-7-11(13(18)19)14(15,16)17/h4-6,8,11H,7H2,1-3H3,(H,18,19). The van der Waals surface area contributed by atoms with Crippen LogP contribution in [-0.4, -0.2) is 23.9 Å². The predicted molar refractivity (Wildman–Crippen MR) is 67.9 cm³/mol. The summed E-state index contributed by atoms with van der Waals surface area (Å²) in [6.07, 6.45) is -4.83. The minimum Gasteiger partial charge on any atom is -0.492 e. The molecule has 1 rings (SSSR count). The number of rotatable bonds is 5. The number of carboxylic acid groups (broad SMARTS) is 1. The maximum absolute atomic E-state index is 12.6. The Bertz CT molecular complexity index is 481. The third kappa shape index (κ3) is 4.15. The Balaban J connectivity index is 2.93. The molecule has 0 saturated heterocycles. The Labute approximate surface area is 115 Å². The Kier molecular flexibility index (Phi) is 5.03. The monoisotopic (exact) mass is 290 g/mol.